The minimum absolute atomic E-state index is 0.830. The highest BCUT2D eigenvalue weighted by Gasteiger charge is 1.80. The molecule has 1 aromatic rings. The van der Waals surface area contributed by atoms with Crippen LogP contribution in [0, 0.1) is 0 Å². The molecule has 0 aliphatic heterocycles. The van der Waals surface area contributed by atoms with E-state index in [1.807, 2.05) is 6.07 Å². The number of aromatic nitrogens is 2. The fraction of sp³-hybridized carbons (Fsp3) is 0. The molecule has 0 amide bonds. The molecule has 0 aliphatic rings. The highest BCUT2D eigenvalue weighted by Crippen LogP contribution is 1.86. The molecule has 7 heavy (non-hydrogen) atoms. The summed E-state index contributed by atoms with van der Waals surface area (Å²) >= 11 is 4.67. The lowest BCUT2D eigenvalue weighted by atomic mass is 10.8. The first-order valence-corrected chi connectivity index (χ1v) is 3.67. The first-order valence-electron chi connectivity index (χ1n) is 1.76. The van der Waals surface area contributed by atoms with Crippen molar-refractivity contribution in [1.82, 2.24) is 10.2 Å². The maximum absolute atomic E-state index is 4.67. The molecule has 1 heterocycles. The Balaban J connectivity index is 2.96. The van der Waals surface area contributed by atoms with Crippen molar-refractivity contribution in [2.75, 3.05) is 0 Å². The number of hydrogen-bond donors (Lipinski definition) is 1. The van der Waals surface area contributed by atoms with Gasteiger partial charge in [0.15, 0.2) is 0 Å². The van der Waals surface area contributed by atoms with Gasteiger partial charge in [0.1, 0.15) is 0 Å². The van der Waals surface area contributed by atoms with Gasteiger partial charge in [-0.25, -0.2) is 0 Å². The van der Waals surface area contributed by atoms with Crippen molar-refractivity contribution in [2.24, 2.45) is 0 Å². The van der Waals surface area contributed by atoms with Crippen LogP contribution >= 0.6 is 7.36 Å². The molecule has 0 spiro atoms. The minimum atomic E-state index is 0.830. The summed E-state index contributed by atoms with van der Waals surface area (Å²) in [5.41, 5.74) is 0.981. The molecular formula is C3H3N2PS. The number of rotatable bonds is 1. The summed E-state index contributed by atoms with van der Waals surface area (Å²) in [5.74, 6) is 0. The summed E-state index contributed by atoms with van der Waals surface area (Å²) in [6, 6.07) is 1.86. The van der Waals surface area contributed by atoms with Gasteiger partial charge < -0.3 is 0 Å². The van der Waals surface area contributed by atoms with Crippen LogP contribution in [0.25, 0.3) is 0 Å². The summed E-state index contributed by atoms with van der Waals surface area (Å²) in [7, 11) is 0.830. The first kappa shape index (κ1) is 4.88. The van der Waals surface area contributed by atoms with Gasteiger partial charge in [-0.15, -0.1) is 0 Å². The SMILES string of the molecule is S=Pc1ccn[nH]1. The van der Waals surface area contributed by atoms with Crippen molar-refractivity contribution in [2.45, 2.75) is 0 Å². The standard InChI is InChI=1S/C3H3N2PS/c7-6-3-1-2-4-5-3/h1-2H,(H,4,5). The van der Waals surface area contributed by atoms with Crippen molar-refractivity contribution in [3.05, 3.63) is 12.3 Å². The van der Waals surface area contributed by atoms with Crippen LogP contribution in [0.5, 0.6) is 0 Å². The average Bonchev–Trinajstić information content (AvgIpc) is 2.14. The van der Waals surface area contributed by atoms with Gasteiger partial charge in [0.05, 0.1) is 5.44 Å². The lowest BCUT2D eigenvalue weighted by Gasteiger charge is -1.69. The maximum atomic E-state index is 4.67. The van der Waals surface area contributed by atoms with E-state index in [4.69, 9.17) is 0 Å². The van der Waals surface area contributed by atoms with E-state index in [1.165, 1.54) is 0 Å². The van der Waals surface area contributed by atoms with Crippen molar-refractivity contribution in [1.29, 1.82) is 0 Å². The fourth-order valence-electron chi connectivity index (χ4n) is 0.299. The van der Waals surface area contributed by atoms with Crippen LogP contribution in [-0.2, 0) is 11.8 Å². The van der Waals surface area contributed by atoms with E-state index in [1.54, 1.807) is 6.20 Å². The zero-order chi connectivity index (χ0) is 5.11. The van der Waals surface area contributed by atoms with Crippen LogP contribution in [-0.4, -0.2) is 10.2 Å². The molecular weight excluding hydrogens is 127 g/mol. The number of hydrogen-bond acceptors (Lipinski definition) is 2. The molecule has 1 aromatic heterocycles. The molecule has 2 nitrogen and oxygen atoms in total. The van der Waals surface area contributed by atoms with E-state index < -0.39 is 0 Å². The second-order valence-electron chi connectivity index (χ2n) is 1.03. The minimum Gasteiger partial charge on any atom is -0.273 e. The number of nitrogens with one attached hydrogen (secondary N) is 1. The van der Waals surface area contributed by atoms with E-state index in [9.17, 15) is 0 Å². The van der Waals surface area contributed by atoms with Gasteiger partial charge in [0, 0.05) is 13.6 Å². The van der Waals surface area contributed by atoms with E-state index >= 15 is 0 Å². The summed E-state index contributed by atoms with van der Waals surface area (Å²) in [5, 5.41) is 6.41. The summed E-state index contributed by atoms with van der Waals surface area (Å²) in [6.07, 6.45) is 1.69. The Kier molecular flexibility index (Phi) is 1.50. The molecule has 0 unspecified atom stereocenters. The van der Waals surface area contributed by atoms with Crippen molar-refractivity contribution < 1.29 is 0 Å². The van der Waals surface area contributed by atoms with Gasteiger partial charge in [-0.2, -0.15) is 5.10 Å². The molecule has 1 N–H and O–H groups in total. The van der Waals surface area contributed by atoms with Gasteiger partial charge in [-0.3, -0.25) is 5.10 Å². The Morgan fingerprint density at radius 3 is 3.00 bits per heavy atom. The smallest absolute Gasteiger partial charge is 0.0956 e. The van der Waals surface area contributed by atoms with E-state index in [2.05, 4.69) is 22.0 Å². The van der Waals surface area contributed by atoms with E-state index in [-0.39, 0.29) is 0 Å². The predicted octanol–water partition coefficient (Wildman–Crippen LogP) is 0.443. The summed E-state index contributed by atoms with van der Waals surface area (Å²) in [6.45, 7) is 0. The summed E-state index contributed by atoms with van der Waals surface area (Å²) in [4.78, 5) is 0. The number of H-pyrrole nitrogens is 1. The largest absolute Gasteiger partial charge is 0.273 e. The van der Waals surface area contributed by atoms with Crippen molar-refractivity contribution >= 4 is 24.6 Å². The Morgan fingerprint density at radius 1 is 1.86 bits per heavy atom. The van der Waals surface area contributed by atoms with Crippen LogP contribution in [0.1, 0.15) is 0 Å². The molecule has 0 aliphatic carbocycles. The third kappa shape index (κ3) is 1.05. The van der Waals surface area contributed by atoms with Crippen LogP contribution < -0.4 is 5.44 Å². The van der Waals surface area contributed by atoms with Crippen LogP contribution in [0.4, 0.5) is 0 Å². The van der Waals surface area contributed by atoms with Gasteiger partial charge >= 0.3 is 0 Å². The zero-order valence-corrected chi connectivity index (χ0v) is 5.17. The number of aromatic amines is 1. The Morgan fingerprint density at radius 2 is 2.71 bits per heavy atom. The molecule has 0 fully saturated rings. The molecule has 0 saturated heterocycles. The van der Waals surface area contributed by atoms with Crippen LogP contribution in [0.2, 0.25) is 0 Å². The van der Waals surface area contributed by atoms with Gasteiger partial charge in [0.2, 0.25) is 0 Å². The molecule has 36 valence electrons. The second-order valence-corrected chi connectivity index (χ2v) is 2.25. The second kappa shape index (κ2) is 2.15. The third-order valence-corrected chi connectivity index (χ3v) is 1.62. The molecule has 1 rings (SSSR count). The Hall–Kier alpha value is -0.270. The maximum Gasteiger partial charge on any atom is 0.0956 e. The molecule has 0 radical (unpaired) electrons. The van der Waals surface area contributed by atoms with E-state index in [0.717, 1.165) is 12.8 Å². The molecule has 0 saturated carbocycles. The topological polar surface area (TPSA) is 28.7 Å². The Labute approximate surface area is 47.8 Å². The van der Waals surface area contributed by atoms with E-state index in [0.29, 0.717) is 0 Å². The lowest BCUT2D eigenvalue weighted by Crippen LogP contribution is -1.87. The fourth-order valence-corrected chi connectivity index (χ4v) is 0.831. The molecule has 0 atom stereocenters. The highest BCUT2D eigenvalue weighted by molar-refractivity contribution is 7.99. The monoisotopic (exact) mass is 130 g/mol. The summed E-state index contributed by atoms with van der Waals surface area (Å²) < 4.78 is 0. The van der Waals surface area contributed by atoms with Crippen molar-refractivity contribution in [3.63, 3.8) is 0 Å². The molecule has 0 aromatic carbocycles. The molecule has 4 heteroatoms. The Bertz CT molecular complexity index is 148. The van der Waals surface area contributed by atoms with Gasteiger partial charge in [-0.1, -0.05) is 11.8 Å². The number of nitrogens with zero attached hydrogens (tertiary/aromatic N) is 1. The molecule has 0 bridgehead atoms. The zero-order valence-electron chi connectivity index (χ0n) is 3.46. The predicted molar refractivity (Wildman–Crippen MR) is 32.5 cm³/mol. The quantitative estimate of drug-likeness (QED) is 0.559. The highest BCUT2D eigenvalue weighted by atomic mass is 32.4. The van der Waals surface area contributed by atoms with Gasteiger partial charge in [-0.05, 0) is 6.07 Å². The average molecular weight is 130 g/mol. The lowest BCUT2D eigenvalue weighted by molar-refractivity contribution is 1.11. The van der Waals surface area contributed by atoms with Gasteiger partial charge in [0.25, 0.3) is 0 Å². The van der Waals surface area contributed by atoms with Crippen LogP contribution in [0.3, 0.4) is 0 Å². The normalized spacial score (nSPS) is 9.71. The van der Waals surface area contributed by atoms with Crippen LogP contribution in [0.15, 0.2) is 12.3 Å². The first-order chi connectivity index (χ1) is 3.43. The van der Waals surface area contributed by atoms with Crippen molar-refractivity contribution in [3.8, 4) is 0 Å². The third-order valence-electron chi connectivity index (χ3n) is 0.584.